The van der Waals surface area contributed by atoms with Gasteiger partial charge >= 0.3 is 6.01 Å². The fourth-order valence-electron chi connectivity index (χ4n) is 1.79. The molecular formula is C10H15ClN4O. The summed E-state index contributed by atoms with van der Waals surface area (Å²) >= 11 is 6.09. The third kappa shape index (κ3) is 2.36. The highest BCUT2D eigenvalue weighted by atomic mass is 35.5. The van der Waals surface area contributed by atoms with E-state index >= 15 is 0 Å². The highest BCUT2D eigenvalue weighted by molar-refractivity contribution is 6.32. The van der Waals surface area contributed by atoms with E-state index in [0.717, 1.165) is 25.5 Å². The zero-order valence-corrected chi connectivity index (χ0v) is 10.2. The van der Waals surface area contributed by atoms with Gasteiger partial charge in [0.15, 0.2) is 5.82 Å². The van der Waals surface area contributed by atoms with Crippen molar-refractivity contribution in [3.63, 3.8) is 0 Å². The topological polar surface area (TPSA) is 50.3 Å². The van der Waals surface area contributed by atoms with Gasteiger partial charge in [-0.05, 0) is 6.92 Å². The van der Waals surface area contributed by atoms with E-state index in [1.165, 1.54) is 0 Å². The zero-order valence-electron chi connectivity index (χ0n) is 9.40. The van der Waals surface area contributed by atoms with Gasteiger partial charge in [-0.25, -0.2) is 4.98 Å². The minimum Gasteiger partial charge on any atom is -0.467 e. The summed E-state index contributed by atoms with van der Waals surface area (Å²) in [7, 11) is 1.55. The van der Waals surface area contributed by atoms with E-state index in [2.05, 4.69) is 27.1 Å². The number of methoxy groups -OCH3 is 1. The fourth-order valence-corrected chi connectivity index (χ4v) is 2.00. The molecule has 88 valence electrons. The molecule has 0 saturated carbocycles. The van der Waals surface area contributed by atoms with Gasteiger partial charge in [0.25, 0.3) is 0 Å². The van der Waals surface area contributed by atoms with Crippen molar-refractivity contribution in [3.05, 3.63) is 11.2 Å². The number of piperazine rings is 1. The van der Waals surface area contributed by atoms with Gasteiger partial charge in [-0.3, -0.25) is 0 Å². The Morgan fingerprint density at radius 2 is 2.44 bits per heavy atom. The lowest BCUT2D eigenvalue weighted by Crippen LogP contribution is -2.49. The van der Waals surface area contributed by atoms with Crippen LogP contribution >= 0.6 is 11.6 Å². The third-order valence-electron chi connectivity index (χ3n) is 2.55. The van der Waals surface area contributed by atoms with Crippen molar-refractivity contribution in [2.45, 2.75) is 13.0 Å². The molecule has 1 aliphatic heterocycles. The Morgan fingerprint density at radius 1 is 1.62 bits per heavy atom. The first-order valence-electron chi connectivity index (χ1n) is 5.25. The van der Waals surface area contributed by atoms with E-state index in [-0.39, 0.29) is 0 Å². The molecule has 0 aromatic carbocycles. The van der Waals surface area contributed by atoms with Gasteiger partial charge in [0.1, 0.15) is 5.02 Å². The van der Waals surface area contributed by atoms with E-state index in [9.17, 15) is 0 Å². The van der Waals surface area contributed by atoms with Crippen molar-refractivity contribution < 1.29 is 4.74 Å². The average Bonchev–Trinajstić information content (AvgIpc) is 2.30. The van der Waals surface area contributed by atoms with Crippen molar-refractivity contribution in [1.29, 1.82) is 0 Å². The molecule has 0 aliphatic carbocycles. The molecule has 1 aromatic heterocycles. The Bertz CT molecular complexity index is 374. The van der Waals surface area contributed by atoms with Crippen LogP contribution in [0.5, 0.6) is 6.01 Å². The summed E-state index contributed by atoms with van der Waals surface area (Å²) in [6.45, 7) is 4.85. The van der Waals surface area contributed by atoms with Crippen molar-refractivity contribution in [1.82, 2.24) is 15.3 Å². The molecule has 6 heteroatoms. The number of anilines is 1. The number of nitrogens with zero attached hydrogens (tertiary/aromatic N) is 3. The Labute approximate surface area is 99.8 Å². The minimum absolute atomic E-state index is 0.352. The van der Waals surface area contributed by atoms with Gasteiger partial charge in [0.2, 0.25) is 0 Å². The Balaban J connectivity index is 2.24. The van der Waals surface area contributed by atoms with Crippen LogP contribution in [0.25, 0.3) is 0 Å². The molecule has 1 saturated heterocycles. The highest BCUT2D eigenvalue weighted by Gasteiger charge is 2.20. The van der Waals surface area contributed by atoms with Gasteiger partial charge in [-0.1, -0.05) is 11.6 Å². The molecule has 1 fully saturated rings. The number of hydrogen-bond acceptors (Lipinski definition) is 5. The number of aromatic nitrogens is 2. The van der Waals surface area contributed by atoms with Crippen molar-refractivity contribution >= 4 is 17.4 Å². The quantitative estimate of drug-likeness (QED) is 0.837. The fraction of sp³-hybridized carbons (Fsp3) is 0.600. The SMILES string of the molecule is COc1ncc(Cl)c(N2CCN[C@@H](C)C2)n1. The number of halogens is 1. The van der Waals surface area contributed by atoms with Crippen LogP contribution in [-0.2, 0) is 0 Å². The second-order valence-corrected chi connectivity index (χ2v) is 4.24. The monoisotopic (exact) mass is 242 g/mol. The zero-order chi connectivity index (χ0) is 11.5. The van der Waals surface area contributed by atoms with Crippen molar-refractivity contribution in [3.8, 4) is 6.01 Å². The molecule has 1 aromatic rings. The van der Waals surface area contributed by atoms with E-state index < -0.39 is 0 Å². The van der Waals surface area contributed by atoms with E-state index in [1.54, 1.807) is 13.3 Å². The normalized spacial score (nSPS) is 20.9. The number of nitrogens with one attached hydrogen (secondary N) is 1. The maximum atomic E-state index is 6.09. The molecule has 2 rings (SSSR count). The molecule has 1 N–H and O–H groups in total. The van der Waals surface area contributed by atoms with E-state index in [4.69, 9.17) is 16.3 Å². The summed E-state index contributed by atoms with van der Waals surface area (Å²) in [6.07, 6.45) is 1.58. The third-order valence-corrected chi connectivity index (χ3v) is 2.82. The first kappa shape index (κ1) is 11.4. The largest absolute Gasteiger partial charge is 0.467 e. The van der Waals surface area contributed by atoms with Crippen LogP contribution in [0.4, 0.5) is 5.82 Å². The predicted molar refractivity (Wildman–Crippen MR) is 63.3 cm³/mol. The number of hydrogen-bond donors (Lipinski definition) is 1. The van der Waals surface area contributed by atoms with Crippen molar-refractivity contribution in [2.75, 3.05) is 31.6 Å². The predicted octanol–water partition coefficient (Wildman–Crippen LogP) is 0.937. The lowest BCUT2D eigenvalue weighted by molar-refractivity contribution is 0.378. The molecule has 0 spiro atoms. The molecular weight excluding hydrogens is 228 g/mol. The molecule has 1 atom stereocenters. The molecule has 0 unspecified atom stereocenters. The van der Waals surface area contributed by atoms with Gasteiger partial charge in [-0.15, -0.1) is 0 Å². The summed E-state index contributed by atoms with van der Waals surface area (Å²) in [6, 6.07) is 0.788. The van der Waals surface area contributed by atoms with Crippen LogP contribution in [-0.4, -0.2) is 42.8 Å². The summed E-state index contributed by atoms with van der Waals surface area (Å²) in [4.78, 5) is 10.4. The Hall–Kier alpha value is -1.07. The average molecular weight is 243 g/mol. The molecule has 16 heavy (non-hydrogen) atoms. The standard InChI is InChI=1S/C10H15ClN4O/c1-7-6-15(4-3-12-7)9-8(11)5-13-10(14-9)16-2/h5,7,12H,3-4,6H2,1-2H3/t7-/m0/s1. The van der Waals surface area contributed by atoms with Gasteiger partial charge < -0.3 is 15.0 Å². The minimum atomic E-state index is 0.352. The molecule has 5 nitrogen and oxygen atoms in total. The molecule has 0 radical (unpaired) electrons. The smallest absolute Gasteiger partial charge is 0.318 e. The van der Waals surface area contributed by atoms with Gasteiger partial charge in [-0.2, -0.15) is 4.98 Å². The van der Waals surface area contributed by atoms with E-state index in [0.29, 0.717) is 17.1 Å². The summed E-state index contributed by atoms with van der Waals surface area (Å²) in [5, 5.41) is 3.94. The second kappa shape index (κ2) is 4.84. The maximum absolute atomic E-state index is 6.09. The Kier molecular flexibility index (Phi) is 3.46. The second-order valence-electron chi connectivity index (χ2n) is 3.83. The highest BCUT2D eigenvalue weighted by Crippen LogP contribution is 2.25. The van der Waals surface area contributed by atoms with Gasteiger partial charge in [0.05, 0.1) is 13.3 Å². The number of ether oxygens (including phenoxy) is 1. The molecule has 0 bridgehead atoms. The van der Waals surface area contributed by atoms with Crippen LogP contribution in [0.3, 0.4) is 0 Å². The van der Waals surface area contributed by atoms with Crippen LogP contribution in [0.1, 0.15) is 6.92 Å². The molecule has 0 amide bonds. The van der Waals surface area contributed by atoms with E-state index in [1.807, 2.05) is 0 Å². The number of rotatable bonds is 2. The van der Waals surface area contributed by atoms with Crippen LogP contribution in [0.2, 0.25) is 5.02 Å². The van der Waals surface area contributed by atoms with Crippen LogP contribution < -0.4 is 15.0 Å². The summed E-state index contributed by atoms with van der Waals surface area (Å²) in [5.74, 6) is 0.752. The van der Waals surface area contributed by atoms with Crippen LogP contribution in [0, 0.1) is 0 Å². The Morgan fingerprint density at radius 3 is 3.12 bits per heavy atom. The lowest BCUT2D eigenvalue weighted by atomic mass is 10.2. The summed E-state index contributed by atoms with van der Waals surface area (Å²) in [5.41, 5.74) is 0. The lowest BCUT2D eigenvalue weighted by Gasteiger charge is -2.33. The summed E-state index contributed by atoms with van der Waals surface area (Å²) < 4.78 is 5.00. The van der Waals surface area contributed by atoms with Crippen molar-refractivity contribution in [2.24, 2.45) is 0 Å². The van der Waals surface area contributed by atoms with Crippen LogP contribution in [0.15, 0.2) is 6.20 Å². The maximum Gasteiger partial charge on any atom is 0.318 e. The molecule has 1 aliphatic rings. The molecule has 2 heterocycles. The van der Waals surface area contributed by atoms with Gasteiger partial charge in [0, 0.05) is 25.7 Å². The first-order valence-corrected chi connectivity index (χ1v) is 5.63. The first-order chi connectivity index (χ1) is 7.70.